The van der Waals surface area contributed by atoms with Crippen molar-refractivity contribution in [1.29, 1.82) is 0 Å². The molecule has 0 radical (unpaired) electrons. The Kier molecular flexibility index (Phi) is 3.84. The molecule has 1 atom stereocenters. The van der Waals surface area contributed by atoms with E-state index in [-0.39, 0.29) is 6.04 Å². The smallest absolute Gasteiger partial charge is 0.340 e. The van der Waals surface area contributed by atoms with Crippen LogP contribution in [0.25, 0.3) is 0 Å². The fraction of sp³-hybridized carbons (Fsp3) is 0.312. The van der Waals surface area contributed by atoms with Gasteiger partial charge in [-0.05, 0) is 48.4 Å². The number of hydrogen-bond donors (Lipinski definition) is 2. The molecule has 1 aliphatic carbocycles. The van der Waals surface area contributed by atoms with Gasteiger partial charge in [-0.3, -0.25) is 0 Å². The zero-order valence-corrected chi connectivity index (χ0v) is 12.7. The maximum absolute atomic E-state index is 11.7. The summed E-state index contributed by atoms with van der Waals surface area (Å²) in [6, 6.07) is 7.85. The Hall–Kier alpha value is -2.01. The largest absolute Gasteiger partial charge is 0.465 e. The molecule has 5 heteroatoms. The predicted molar refractivity (Wildman–Crippen MR) is 85.8 cm³/mol. The lowest BCUT2D eigenvalue weighted by Gasteiger charge is -2.25. The molecule has 21 heavy (non-hydrogen) atoms. The second kappa shape index (κ2) is 5.77. The van der Waals surface area contributed by atoms with Gasteiger partial charge in [-0.15, -0.1) is 11.3 Å². The number of benzene rings is 1. The summed E-state index contributed by atoms with van der Waals surface area (Å²) in [5, 5.41) is 5.62. The molecule has 1 aromatic carbocycles. The number of nitrogens with two attached hydrogens (primary N) is 1. The highest BCUT2D eigenvalue weighted by Gasteiger charge is 2.22. The van der Waals surface area contributed by atoms with E-state index < -0.39 is 5.97 Å². The van der Waals surface area contributed by atoms with Crippen LogP contribution in [0.15, 0.2) is 29.6 Å². The van der Waals surface area contributed by atoms with Crippen LogP contribution in [-0.4, -0.2) is 13.1 Å². The molecule has 4 nitrogen and oxygen atoms in total. The van der Waals surface area contributed by atoms with Gasteiger partial charge in [-0.2, -0.15) is 0 Å². The monoisotopic (exact) mass is 302 g/mol. The molecule has 0 amide bonds. The number of anilines is 2. The number of hydrogen-bond acceptors (Lipinski definition) is 5. The summed E-state index contributed by atoms with van der Waals surface area (Å²) < 4.78 is 4.76. The number of aryl methyl sites for hydroxylation is 1. The van der Waals surface area contributed by atoms with E-state index in [9.17, 15) is 4.79 Å². The zero-order chi connectivity index (χ0) is 14.8. The Balaban J connectivity index is 1.88. The summed E-state index contributed by atoms with van der Waals surface area (Å²) >= 11 is 1.81. The summed E-state index contributed by atoms with van der Waals surface area (Å²) in [4.78, 5) is 13.2. The van der Waals surface area contributed by atoms with Crippen molar-refractivity contribution < 1.29 is 9.53 Å². The first-order valence-electron chi connectivity index (χ1n) is 7.00. The summed E-state index contributed by atoms with van der Waals surface area (Å²) in [7, 11) is 1.36. The van der Waals surface area contributed by atoms with Gasteiger partial charge in [0, 0.05) is 4.88 Å². The number of rotatable bonds is 3. The minimum atomic E-state index is -0.406. The van der Waals surface area contributed by atoms with Crippen molar-refractivity contribution in [3.63, 3.8) is 0 Å². The lowest BCUT2D eigenvalue weighted by atomic mass is 9.93. The number of fused-ring (bicyclic) bond motifs is 1. The maximum Gasteiger partial charge on any atom is 0.340 e. The average molecular weight is 302 g/mol. The number of nitrogen functional groups attached to an aromatic ring is 1. The predicted octanol–water partition coefficient (Wildman–Crippen LogP) is 3.61. The topological polar surface area (TPSA) is 64.3 Å². The number of para-hydroxylation sites is 1. The molecule has 0 fully saturated rings. The molecule has 1 aliphatic rings. The number of thiophene rings is 1. The molecule has 1 aromatic heterocycles. The highest BCUT2D eigenvalue weighted by atomic mass is 32.1. The Morgan fingerprint density at radius 3 is 3.10 bits per heavy atom. The number of methoxy groups -OCH3 is 1. The van der Waals surface area contributed by atoms with Gasteiger partial charge in [-0.1, -0.05) is 6.07 Å². The summed E-state index contributed by atoms with van der Waals surface area (Å²) in [5.41, 5.74) is 9.12. The van der Waals surface area contributed by atoms with Crippen LogP contribution in [0.1, 0.15) is 39.7 Å². The molecular weight excluding hydrogens is 284 g/mol. The van der Waals surface area contributed by atoms with E-state index in [0.717, 1.165) is 18.5 Å². The Labute approximate surface area is 127 Å². The minimum absolute atomic E-state index is 0.259. The average Bonchev–Trinajstić information content (AvgIpc) is 2.98. The van der Waals surface area contributed by atoms with Gasteiger partial charge in [0.2, 0.25) is 0 Å². The molecule has 3 N–H and O–H groups in total. The van der Waals surface area contributed by atoms with Crippen LogP contribution < -0.4 is 11.1 Å². The first-order valence-corrected chi connectivity index (χ1v) is 7.88. The molecule has 0 saturated heterocycles. The molecule has 1 heterocycles. The van der Waals surface area contributed by atoms with Crippen LogP contribution >= 0.6 is 11.3 Å². The van der Waals surface area contributed by atoms with Crippen LogP contribution in [0.2, 0.25) is 0 Å². The zero-order valence-electron chi connectivity index (χ0n) is 11.9. The van der Waals surface area contributed by atoms with Crippen LogP contribution in [-0.2, 0) is 11.2 Å². The Morgan fingerprint density at radius 2 is 2.29 bits per heavy atom. The highest BCUT2D eigenvalue weighted by Crippen LogP contribution is 2.37. The second-order valence-corrected chi connectivity index (χ2v) is 6.15. The van der Waals surface area contributed by atoms with Crippen molar-refractivity contribution in [3.8, 4) is 0 Å². The molecule has 1 unspecified atom stereocenters. The number of ether oxygens (including phenoxy) is 1. The second-order valence-electron chi connectivity index (χ2n) is 5.15. The van der Waals surface area contributed by atoms with Gasteiger partial charge in [0.05, 0.1) is 30.1 Å². The molecule has 2 aromatic rings. The van der Waals surface area contributed by atoms with Gasteiger partial charge >= 0.3 is 5.97 Å². The van der Waals surface area contributed by atoms with Crippen LogP contribution in [0.4, 0.5) is 11.4 Å². The van der Waals surface area contributed by atoms with Gasteiger partial charge in [-0.25, -0.2) is 4.79 Å². The normalized spacial score (nSPS) is 17.1. The first kappa shape index (κ1) is 13.9. The minimum Gasteiger partial charge on any atom is -0.465 e. The van der Waals surface area contributed by atoms with Crippen molar-refractivity contribution in [2.24, 2.45) is 0 Å². The van der Waals surface area contributed by atoms with Crippen molar-refractivity contribution in [1.82, 2.24) is 0 Å². The SMILES string of the molecule is COC(=O)c1cccc(NC2CCCc3sccc32)c1N. The number of esters is 1. The van der Waals surface area contributed by atoms with E-state index in [1.54, 1.807) is 6.07 Å². The summed E-state index contributed by atoms with van der Waals surface area (Å²) in [5.74, 6) is -0.406. The maximum atomic E-state index is 11.7. The third-order valence-corrected chi connectivity index (χ3v) is 4.89. The number of nitrogens with one attached hydrogen (secondary N) is 1. The van der Waals surface area contributed by atoms with Crippen molar-refractivity contribution in [2.45, 2.75) is 25.3 Å². The first-order chi connectivity index (χ1) is 10.2. The molecule has 3 rings (SSSR count). The fourth-order valence-electron chi connectivity index (χ4n) is 2.80. The van der Waals surface area contributed by atoms with Gasteiger partial charge in [0.15, 0.2) is 0 Å². The third kappa shape index (κ3) is 2.61. The number of carbonyl (C=O) groups excluding carboxylic acids is 1. The molecule has 110 valence electrons. The van der Waals surface area contributed by atoms with Crippen molar-refractivity contribution in [3.05, 3.63) is 45.6 Å². The van der Waals surface area contributed by atoms with Crippen LogP contribution in [0, 0.1) is 0 Å². The van der Waals surface area contributed by atoms with E-state index in [0.29, 0.717) is 11.3 Å². The summed E-state index contributed by atoms with van der Waals surface area (Å²) in [6.07, 6.45) is 3.40. The lowest BCUT2D eigenvalue weighted by molar-refractivity contribution is 0.0602. The van der Waals surface area contributed by atoms with E-state index in [1.807, 2.05) is 23.5 Å². The van der Waals surface area contributed by atoms with Gasteiger partial charge in [0.1, 0.15) is 0 Å². The highest BCUT2D eigenvalue weighted by molar-refractivity contribution is 7.10. The number of carbonyl (C=O) groups is 1. The van der Waals surface area contributed by atoms with E-state index in [4.69, 9.17) is 10.5 Å². The standard InChI is InChI=1S/C16H18N2O2S/c1-20-16(19)11-4-2-6-13(15(11)17)18-12-5-3-7-14-10(12)8-9-21-14/h2,4,6,8-9,12,18H,3,5,7,17H2,1H3. The molecule has 0 saturated carbocycles. The summed E-state index contributed by atoms with van der Waals surface area (Å²) in [6.45, 7) is 0. The molecular formula is C16H18N2O2S. The van der Waals surface area contributed by atoms with Crippen molar-refractivity contribution in [2.75, 3.05) is 18.2 Å². The molecule has 0 spiro atoms. The Morgan fingerprint density at radius 1 is 1.43 bits per heavy atom. The third-order valence-electron chi connectivity index (χ3n) is 3.89. The van der Waals surface area contributed by atoms with Crippen LogP contribution in [0.5, 0.6) is 0 Å². The van der Waals surface area contributed by atoms with Crippen molar-refractivity contribution >= 4 is 28.7 Å². The van der Waals surface area contributed by atoms with E-state index >= 15 is 0 Å². The molecule has 0 bridgehead atoms. The quantitative estimate of drug-likeness (QED) is 0.671. The van der Waals surface area contributed by atoms with Gasteiger partial charge in [0.25, 0.3) is 0 Å². The fourth-order valence-corrected chi connectivity index (χ4v) is 3.79. The van der Waals surface area contributed by atoms with Crippen LogP contribution in [0.3, 0.4) is 0 Å². The Bertz CT molecular complexity index is 666. The molecule has 0 aliphatic heterocycles. The van der Waals surface area contributed by atoms with Gasteiger partial charge < -0.3 is 15.8 Å². The van der Waals surface area contributed by atoms with E-state index in [1.165, 1.54) is 24.0 Å². The lowest BCUT2D eigenvalue weighted by Crippen LogP contribution is -2.17. The van der Waals surface area contributed by atoms with E-state index in [2.05, 4.69) is 16.8 Å².